The van der Waals surface area contributed by atoms with E-state index in [4.69, 9.17) is 4.74 Å². The van der Waals surface area contributed by atoms with Crippen molar-refractivity contribution in [1.29, 1.82) is 0 Å². The van der Waals surface area contributed by atoms with Crippen molar-refractivity contribution < 1.29 is 9.53 Å². The van der Waals surface area contributed by atoms with E-state index in [1.165, 1.54) is 0 Å². The van der Waals surface area contributed by atoms with Gasteiger partial charge in [-0.2, -0.15) is 0 Å². The highest BCUT2D eigenvalue weighted by Crippen LogP contribution is 2.40. The highest BCUT2D eigenvalue weighted by atomic mass is 16.5. The van der Waals surface area contributed by atoms with E-state index < -0.39 is 0 Å². The predicted octanol–water partition coefficient (Wildman–Crippen LogP) is 5.69. The first-order chi connectivity index (χ1) is 13.4. The number of amides is 1. The molecule has 0 aromatic heterocycles. The quantitative estimate of drug-likeness (QED) is 0.642. The Morgan fingerprint density at radius 1 is 0.964 bits per heavy atom. The molecule has 1 amide bonds. The fourth-order valence-electron chi connectivity index (χ4n) is 3.77. The third-order valence-electron chi connectivity index (χ3n) is 5.19. The standard InChI is InChI=1S/C25H25NO2/c1-17-9-14-21-22(16-25(2,3)28-23(21)15-17)26-24(27)20-12-10-19(11-13-20)18-7-5-4-6-8-18/h4-15,22H,16H2,1-3H3,(H,26,27)/t22-/m0/s1. The number of hydrogen-bond acceptors (Lipinski definition) is 2. The molecule has 3 aromatic rings. The second-order valence-electron chi connectivity index (χ2n) is 8.08. The van der Waals surface area contributed by atoms with Gasteiger partial charge in [0.15, 0.2) is 0 Å². The third-order valence-corrected chi connectivity index (χ3v) is 5.19. The molecule has 0 fully saturated rings. The number of carbonyl (C=O) groups excluding carboxylic acids is 1. The van der Waals surface area contributed by atoms with Crippen LogP contribution < -0.4 is 10.1 Å². The van der Waals surface area contributed by atoms with Gasteiger partial charge in [-0.25, -0.2) is 0 Å². The molecule has 0 aliphatic carbocycles. The minimum Gasteiger partial charge on any atom is -0.487 e. The number of benzene rings is 3. The van der Waals surface area contributed by atoms with E-state index in [0.717, 1.165) is 34.4 Å². The molecule has 1 aliphatic rings. The van der Waals surface area contributed by atoms with Crippen molar-refractivity contribution in [3.63, 3.8) is 0 Å². The number of hydrogen-bond donors (Lipinski definition) is 1. The first-order valence-corrected chi connectivity index (χ1v) is 9.67. The third kappa shape index (κ3) is 3.79. The molecule has 0 saturated carbocycles. The zero-order valence-electron chi connectivity index (χ0n) is 16.5. The monoisotopic (exact) mass is 371 g/mol. The first kappa shape index (κ1) is 18.3. The number of carbonyl (C=O) groups is 1. The Kier molecular flexibility index (Phi) is 4.68. The number of ether oxygens (including phenoxy) is 1. The SMILES string of the molecule is Cc1ccc2c(c1)OC(C)(C)C[C@@H]2NC(=O)c1ccc(-c2ccccc2)cc1. The molecular weight excluding hydrogens is 346 g/mol. The fraction of sp³-hybridized carbons (Fsp3) is 0.240. The summed E-state index contributed by atoms with van der Waals surface area (Å²) in [5.74, 6) is 0.801. The molecule has 3 aromatic carbocycles. The maximum atomic E-state index is 12.9. The van der Waals surface area contributed by atoms with Crippen LogP contribution in [-0.2, 0) is 0 Å². The maximum absolute atomic E-state index is 12.9. The molecule has 3 nitrogen and oxygen atoms in total. The highest BCUT2D eigenvalue weighted by molar-refractivity contribution is 5.95. The Hall–Kier alpha value is -3.07. The van der Waals surface area contributed by atoms with Crippen LogP contribution in [0.5, 0.6) is 5.75 Å². The molecule has 0 bridgehead atoms. The Morgan fingerprint density at radius 3 is 2.36 bits per heavy atom. The van der Waals surface area contributed by atoms with E-state index in [1.54, 1.807) is 0 Å². The minimum atomic E-state index is -0.324. The van der Waals surface area contributed by atoms with E-state index >= 15 is 0 Å². The van der Waals surface area contributed by atoms with Gasteiger partial charge < -0.3 is 10.1 Å². The lowest BCUT2D eigenvalue weighted by molar-refractivity contribution is 0.0619. The molecule has 1 N–H and O–H groups in total. The normalized spacial score (nSPS) is 17.3. The molecule has 0 radical (unpaired) electrons. The van der Waals surface area contributed by atoms with Crippen molar-refractivity contribution in [2.75, 3.05) is 0 Å². The van der Waals surface area contributed by atoms with Gasteiger partial charge in [0.2, 0.25) is 0 Å². The van der Waals surface area contributed by atoms with Crippen LogP contribution in [0.2, 0.25) is 0 Å². The van der Waals surface area contributed by atoms with Gasteiger partial charge in [0, 0.05) is 17.5 Å². The molecule has 1 aliphatic heterocycles. The average Bonchev–Trinajstić information content (AvgIpc) is 2.67. The van der Waals surface area contributed by atoms with Crippen LogP contribution in [0.25, 0.3) is 11.1 Å². The van der Waals surface area contributed by atoms with Gasteiger partial charge in [-0.3, -0.25) is 4.79 Å². The molecule has 3 heteroatoms. The smallest absolute Gasteiger partial charge is 0.251 e. The molecule has 142 valence electrons. The van der Waals surface area contributed by atoms with Crippen molar-refractivity contribution in [1.82, 2.24) is 5.32 Å². The number of rotatable bonds is 3. The fourth-order valence-corrected chi connectivity index (χ4v) is 3.77. The van der Waals surface area contributed by atoms with Gasteiger partial charge >= 0.3 is 0 Å². The summed E-state index contributed by atoms with van der Waals surface area (Å²) in [7, 11) is 0. The Morgan fingerprint density at radius 2 is 1.64 bits per heavy atom. The molecular formula is C25H25NO2. The topological polar surface area (TPSA) is 38.3 Å². The predicted molar refractivity (Wildman–Crippen MR) is 113 cm³/mol. The minimum absolute atomic E-state index is 0.0613. The summed E-state index contributed by atoms with van der Waals surface area (Å²) in [6.07, 6.45) is 0.733. The van der Waals surface area contributed by atoms with Crippen LogP contribution >= 0.6 is 0 Å². The van der Waals surface area contributed by atoms with Gasteiger partial charge in [0.05, 0.1) is 6.04 Å². The summed E-state index contributed by atoms with van der Waals surface area (Å²) in [5, 5.41) is 3.21. The lowest BCUT2D eigenvalue weighted by atomic mass is 9.89. The van der Waals surface area contributed by atoms with Crippen LogP contribution in [0.1, 0.15) is 47.8 Å². The summed E-state index contributed by atoms with van der Waals surface area (Å²) in [6, 6.07) is 24.0. The second-order valence-corrected chi connectivity index (χ2v) is 8.08. The average molecular weight is 371 g/mol. The molecule has 0 unspecified atom stereocenters. The number of fused-ring (bicyclic) bond motifs is 1. The van der Waals surface area contributed by atoms with Gasteiger partial charge in [-0.15, -0.1) is 0 Å². The van der Waals surface area contributed by atoms with E-state index in [0.29, 0.717) is 5.56 Å². The van der Waals surface area contributed by atoms with Gasteiger partial charge in [0.1, 0.15) is 11.4 Å². The number of aryl methyl sites for hydroxylation is 1. The van der Waals surface area contributed by atoms with E-state index in [9.17, 15) is 4.79 Å². The summed E-state index contributed by atoms with van der Waals surface area (Å²) >= 11 is 0. The van der Waals surface area contributed by atoms with Gasteiger partial charge in [-0.05, 0) is 55.7 Å². The number of nitrogens with one attached hydrogen (secondary N) is 1. The van der Waals surface area contributed by atoms with Crippen molar-refractivity contribution in [3.05, 3.63) is 89.5 Å². The van der Waals surface area contributed by atoms with E-state index in [2.05, 4.69) is 43.4 Å². The molecule has 4 rings (SSSR count). The van der Waals surface area contributed by atoms with E-state index in [1.807, 2.05) is 55.5 Å². The van der Waals surface area contributed by atoms with Crippen LogP contribution in [0.3, 0.4) is 0 Å². The zero-order chi connectivity index (χ0) is 19.7. The van der Waals surface area contributed by atoms with Crippen LogP contribution in [0.4, 0.5) is 0 Å². The van der Waals surface area contributed by atoms with Crippen molar-refractivity contribution in [2.24, 2.45) is 0 Å². The van der Waals surface area contributed by atoms with Crippen molar-refractivity contribution in [2.45, 2.75) is 38.8 Å². The van der Waals surface area contributed by atoms with Crippen LogP contribution in [0.15, 0.2) is 72.8 Å². The molecule has 0 spiro atoms. The summed E-state index contributed by atoms with van der Waals surface area (Å²) in [6.45, 7) is 6.17. The maximum Gasteiger partial charge on any atom is 0.251 e. The van der Waals surface area contributed by atoms with Crippen molar-refractivity contribution >= 4 is 5.91 Å². The van der Waals surface area contributed by atoms with Gasteiger partial charge in [-0.1, -0.05) is 54.6 Å². The molecule has 1 heterocycles. The summed E-state index contributed by atoms with van der Waals surface area (Å²) in [4.78, 5) is 12.9. The Balaban J connectivity index is 1.55. The highest BCUT2D eigenvalue weighted by Gasteiger charge is 2.34. The largest absolute Gasteiger partial charge is 0.487 e. The van der Waals surface area contributed by atoms with Gasteiger partial charge in [0.25, 0.3) is 5.91 Å². The van der Waals surface area contributed by atoms with Crippen LogP contribution in [-0.4, -0.2) is 11.5 Å². The van der Waals surface area contributed by atoms with E-state index in [-0.39, 0.29) is 17.6 Å². The van der Waals surface area contributed by atoms with Crippen LogP contribution in [0, 0.1) is 6.92 Å². The Labute approximate surface area is 166 Å². The second kappa shape index (κ2) is 7.16. The van der Waals surface area contributed by atoms with Crippen molar-refractivity contribution in [3.8, 4) is 16.9 Å². The lowest BCUT2D eigenvalue weighted by Gasteiger charge is -2.38. The zero-order valence-corrected chi connectivity index (χ0v) is 16.5. The molecule has 1 atom stereocenters. The summed E-state index contributed by atoms with van der Waals surface area (Å²) < 4.78 is 6.13. The Bertz CT molecular complexity index is 991. The first-order valence-electron chi connectivity index (χ1n) is 9.67. The molecule has 0 saturated heterocycles. The summed E-state index contributed by atoms with van der Waals surface area (Å²) in [5.41, 5.74) is 4.78. The lowest BCUT2D eigenvalue weighted by Crippen LogP contribution is -2.41. The molecule has 28 heavy (non-hydrogen) atoms.